The Morgan fingerprint density at radius 3 is 2.68 bits per heavy atom. The molecule has 7 atom stereocenters. The molecule has 3 saturated carbocycles. The fourth-order valence-electron chi connectivity index (χ4n) is 6.98. The molecule has 4 aliphatic carbocycles. The minimum absolute atomic E-state index is 0.189. The Balaban J connectivity index is 1.67. The highest BCUT2D eigenvalue weighted by Gasteiger charge is 2.58. The zero-order valence-electron chi connectivity index (χ0n) is 14.1. The molecule has 0 unspecified atom stereocenters. The van der Waals surface area contributed by atoms with Crippen molar-refractivity contribution in [3.05, 3.63) is 11.6 Å². The highest BCUT2D eigenvalue weighted by atomic mass is 16.3. The van der Waals surface area contributed by atoms with Crippen LogP contribution in [0.25, 0.3) is 0 Å². The van der Waals surface area contributed by atoms with Crippen LogP contribution in [0.3, 0.4) is 0 Å². The first kappa shape index (κ1) is 14.8. The number of aliphatic hydroxyl groups is 1. The zero-order chi connectivity index (χ0) is 15.5. The van der Waals surface area contributed by atoms with Gasteiger partial charge in [0.2, 0.25) is 0 Å². The monoisotopic (exact) mass is 298 g/mol. The van der Waals surface area contributed by atoms with Crippen molar-refractivity contribution in [3.8, 4) is 12.3 Å². The summed E-state index contributed by atoms with van der Waals surface area (Å²) >= 11 is 0. The predicted molar refractivity (Wildman–Crippen MR) is 90.0 cm³/mol. The molecule has 4 aliphatic rings. The van der Waals surface area contributed by atoms with E-state index in [1.165, 1.54) is 44.9 Å². The smallest absolute Gasteiger partial charge is 0.0724 e. The average Bonchev–Trinajstić information content (AvgIpc) is 2.84. The van der Waals surface area contributed by atoms with Crippen molar-refractivity contribution in [3.63, 3.8) is 0 Å². The molecule has 0 saturated heterocycles. The van der Waals surface area contributed by atoms with Crippen molar-refractivity contribution in [2.45, 2.75) is 71.3 Å². The molecule has 120 valence electrons. The minimum atomic E-state index is -0.189. The van der Waals surface area contributed by atoms with Gasteiger partial charge in [-0.2, -0.15) is 0 Å². The lowest BCUT2D eigenvalue weighted by molar-refractivity contribution is -0.0486. The Kier molecular flexibility index (Phi) is 3.29. The van der Waals surface area contributed by atoms with Crippen LogP contribution in [0.2, 0.25) is 0 Å². The van der Waals surface area contributed by atoms with Gasteiger partial charge in [0, 0.05) is 5.92 Å². The number of aliphatic hydroxyl groups excluding tert-OH is 1. The third-order valence-corrected chi connectivity index (χ3v) is 8.29. The van der Waals surface area contributed by atoms with Gasteiger partial charge in [0.25, 0.3) is 0 Å². The Labute approximate surface area is 135 Å². The molecule has 0 spiro atoms. The number of allylic oxidation sites excluding steroid dienone is 1. The van der Waals surface area contributed by atoms with Crippen molar-refractivity contribution < 1.29 is 5.11 Å². The van der Waals surface area contributed by atoms with Gasteiger partial charge in [-0.05, 0) is 80.0 Å². The van der Waals surface area contributed by atoms with Crippen LogP contribution in [0.5, 0.6) is 0 Å². The van der Waals surface area contributed by atoms with Crippen LogP contribution in [0, 0.1) is 46.8 Å². The Morgan fingerprint density at radius 1 is 1.09 bits per heavy atom. The van der Waals surface area contributed by atoms with E-state index in [1.807, 2.05) is 0 Å². The maximum absolute atomic E-state index is 10.0. The van der Waals surface area contributed by atoms with Gasteiger partial charge in [-0.3, -0.25) is 0 Å². The SMILES string of the molecule is C#C[C@H]1CC[C@H]2[C@@H]3CCC4=C[C@@H](O)CC[C@]4(C)[C@H]3CC[C@]12C. The molecule has 22 heavy (non-hydrogen) atoms. The van der Waals surface area contributed by atoms with E-state index in [0.29, 0.717) is 16.7 Å². The third-order valence-electron chi connectivity index (χ3n) is 8.29. The van der Waals surface area contributed by atoms with Crippen LogP contribution in [0.1, 0.15) is 65.2 Å². The molecule has 3 fully saturated rings. The van der Waals surface area contributed by atoms with Crippen molar-refractivity contribution in [2.75, 3.05) is 0 Å². The number of hydrogen-bond donors (Lipinski definition) is 1. The quantitative estimate of drug-likeness (QED) is 0.513. The first-order valence-electron chi connectivity index (χ1n) is 9.34. The standard InChI is InChI=1S/C21H30O/c1-4-14-6-8-18-17-7-5-15-13-16(22)9-11-21(15,3)19(17)10-12-20(14,18)2/h1,13-14,16-19,22H,5-12H2,2-3H3/t14-,16-,17-,18-,19-,20+,21-/m0/s1. The summed E-state index contributed by atoms with van der Waals surface area (Å²) in [6.45, 7) is 4.99. The molecule has 0 bridgehead atoms. The van der Waals surface area contributed by atoms with Gasteiger partial charge in [0.1, 0.15) is 0 Å². The largest absolute Gasteiger partial charge is 0.389 e. The Morgan fingerprint density at radius 2 is 1.91 bits per heavy atom. The summed E-state index contributed by atoms with van der Waals surface area (Å²) in [6.07, 6.45) is 17.8. The second-order valence-electron chi connectivity index (χ2n) is 8.97. The number of terminal acetylenes is 1. The van der Waals surface area contributed by atoms with Crippen molar-refractivity contribution in [1.29, 1.82) is 0 Å². The fraction of sp³-hybridized carbons (Fsp3) is 0.810. The molecule has 1 heteroatoms. The molecule has 0 aromatic rings. The van der Waals surface area contributed by atoms with Gasteiger partial charge in [-0.15, -0.1) is 12.3 Å². The molecule has 1 N–H and O–H groups in total. The fourth-order valence-corrected chi connectivity index (χ4v) is 6.98. The zero-order valence-corrected chi connectivity index (χ0v) is 14.1. The maximum Gasteiger partial charge on any atom is 0.0724 e. The van der Waals surface area contributed by atoms with Gasteiger partial charge in [-0.1, -0.05) is 25.5 Å². The second kappa shape index (κ2) is 4.88. The van der Waals surface area contributed by atoms with Crippen LogP contribution in [-0.4, -0.2) is 11.2 Å². The number of hydrogen-bond acceptors (Lipinski definition) is 1. The van der Waals surface area contributed by atoms with E-state index < -0.39 is 0 Å². The highest BCUT2D eigenvalue weighted by molar-refractivity contribution is 5.26. The second-order valence-corrected chi connectivity index (χ2v) is 8.97. The maximum atomic E-state index is 10.0. The minimum Gasteiger partial charge on any atom is -0.389 e. The molecule has 4 rings (SSSR count). The van der Waals surface area contributed by atoms with E-state index in [2.05, 4.69) is 25.8 Å². The van der Waals surface area contributed by atoms with Crippen LogP contribution in [0.4, 0.5) is 0 Å². The summed E-state index contributed by atoms with van der Waals surface area (Å²) in [5, 5.41) is 10.0. The van der Waals surface area contributed by atoms with Crippen LogP contribution in [0.15, 0.2) is 11.6 Å². The lowest BCUT2D eigenvalue weighted by Gasteiger charge is -2.58. The lowest BCUT2D eigenvalue weighted by atomic mass is 9.47. The number of rotatable bonds is 0. The van der Waals surface area contributed by atoms with E-state index >= 15 is 0 Å². The van der Waals surface area contributed by atoms with Crippen molar-refractivity contribution in [2.24, 2.45) is 34.5 Å². The molecule has 0 aromatic carbocycles. The van der Waals surface area contributed by atoms with E-state index in [0.717, 1.165) is 24.2 Å². The topological polar surface area (TPSA) is 20.2 Å². The molecule has 0 amide bonds. The number of fused-ring (bicyclic) bond motifs is 5. The molecule has 0 radical (unpaired) electrons. The van der Waals surface area contributed by atoms with Gasteiger partial charge >= 0.3 is 0 Å². The molecule has 0 aromatic heterocycles. The summed E-state index contributed by atoms with van der Waals surface area (Å²) in [6, 6.07) is 0. The molecule has 0 heterocycles. The summed E-state index contributed by atoms with van der Waals surface area (Å²) in [4.78, 5) is 0. The van der Waals surface area contributed by atoms with Crippen molar-refractivity contribution >= 4 is 0 Å². The predicted octanol–water partition coefficient (Wildman–Crippen LogP) is 4.56. The van der Waals surface area contributed by atoms with Gasteiger partial charge in [-0.25, -0.2) is 0 Å². The van der Waals surface area contributed by atoms with Crippen LogP contribution >= 0.6 is 0 Å². The molecular weight excluding hydrogens is 268 g/mol. The Bertz CT molecular complexity index is 541. The summed E-state index contributed by atoms with van der Waals surface area (Å²) in [7, 11) is 0. The van der Waals surface area contributed by atoms with Crippen LogP contribution < -0.4 is 0 Å². The first-order chi connectivity index (χ1) is 10.5. The van der Waals surface area contributed by atoms with E-state index in [9.17, 15) is 5.11 Å². The summed E-state index contributed by atoms with van der Waals surface area (Å²) in [5.74, 6) is 6.18. The lowest BCUT2D eigenvalue weighted by Crippen LogP contribution is -2.50. The van der Waals surface area contributed by atoms with Crippen LogP contribution in [-0.2, 0) is 0 Å². The van der Waals surface area contributed by atoms with E-state index in [1.54, 1.807) is 5.57 Å². The third kappa shape index (κ3) is 1.83. The van der Waals surface area contributed by atoms with Gasteiger partial charge in [0.15, 0.2) is 0 Å². The van der Waals surface area contributed by atoms with E-state index in [4.69, 9.17) is 6.42 Å². The average molecular weight is 298 g/mol. The van der Waals surface area contributed by atoms with Gasteiger partial charge < -0.3 is 5.11 Å². The Hall–Kier alpha value is -0.740. The van der Waals surface area contributed by atoms with Crippen molar-refractivity contribution in [1.82, 2.24) is 0 Å². The van der Waals surface area contributed by atoms with Gasteiger partial charge in [0.05, 0.1) is 6.10 Å². The molecule has 1 nitrogen and oxygen atoms in total. The highest BCUT2D eigenvalue weighted by Crippen LogP contribution is 2.66. The molecule has 0 aliphatic heterocycles. The van der Waals surface area contributed by atoms with E-state index in [-0.39, 0.29) is 6.10 Å². The molecular formula is C21H30O. The normalized spacial score (nSPS) is 53.7. The summed E-state index contributed by atoms with van der Waals surface area (Å²) < 4.78 is 0. The first-order valence-corrected chi connectivity index (χ1v) is 9.34. The summed E-state index contributed by atoms with van der Waals surface area (Å²) in [5.41, 5.74) is 2.34.